The molecular weight excluding hydrogens is 332 g/mol. The molecule has 1 aromatic rings. The van der Waals surface area contributed by atoms with Crippen LogP contribution in [0.4, 0.5) is 4.79 Å². The van der Waals surface area contributed by atoms with Gasteiger partial charge < -0.3 is 19.3 Å². The first-order chi connectivity index (χ1) is 12.2. The molecule has 1 aliphatic heterocycles. The lowest BCUT2D eigenvalue weighted by atomic mass is 9.97. The van der Waals surface area contributed by atoms with Crippen LogP contribution in [0, 0.1) is 5.92 Å². The summed E-state index contributed by atoms with van der Waals surface area (Å²) in [4.78, 5) is 28.0. The molecule has 1 saturated heterocycles. The SMILES string of the molecule is CN(CC1CCCN(C(=O)COc2ccccc2)C1)C(=O)OC(C)(C)C. The van der Waals surface area contributed by atoms with E-state index in [1.807, 2.05) is 56.0 Å². The van der Waals surface area contributed by atoms with Gasteiger partial charge in [0.2, 0.25) is 0 Å². The summed E-state index contributed by atoms with van der Waals surface area (Å²) in [5.74, 6) is 0.930. The Labute approximate surface area is 156 Å². The Morgan fingerprint density at radius 2 is 1.92 bits per heavy atom. The molecule has 0 radical (unpaired) electrons. The van der Waals surface area contributed by atoms with Gasteiger partial charge in [-0.15, -0.1) is 0 Å². The largest absolute Gasteiger partial charge is 0.484 e. The molecule has 0 aromatic heterocycles. The van der Waals surface area contributed by atoms with Crippen molar-refractivity contribution < 1.29 is 19.1 Å². The minimum atomic E-state index is -0.505. The summed E-state index contributed by atoms with van der Waals surface area (Å²) >= 11 is 0. The van der Waals surface area contributed by atoms with Crippen molar-refractivity contribution in [1.29, 1.82) is 0 Å². The molecule has 0 aliphatic carbocycles. The molecule has 0 bridgehead atoms. The molecule has 1 aromatic carbocycles. The second-order valence-corrected chi connectivity index (χ2v) is 7.81. The van der Waals surface area contributed by atoms with Gasteiger partial charge in [-0.25, -0.2) is 4.79 Å². The maximum Gasteiger partial charge on any atom is 0.410 e. The van der Waals surface area contributed by atoms with E-state index in [2.05, 4.69) is 0 Å². The highest BCUT2D eigenvalue weighted by Crippen LogP contribution is 2.19. The van der Waals surface area contributed by atoms with E-state index in [9.17, 15) is 9.59 Å². The van der Waals surface area contributed by atoms with Gasteiger partial charge in [-0.1, -0.05) is 18.2 Å². The number of rotatable bonds is 5. The highest BCUT2D eigenvalue weighted by molar-refractivity contribution is 5.77. The Hall–Kier alpha value is -2.24. The molecular formula is C20H30N2O4. The zero-order valence-electron chi connectivity index (χ0n) is 16.2. The van der Waals surface area contributed by atoms with Gasteiger partial charge in [-0.2, -0.15) is 0 Å². The molecule has 0 saturated carbocycles. The minimum absolute atomic E-state index is 0.0153. The Balaban J connectivity index is 1.80. The molecule has 0 N–H and O–H groups in total. The molecule has 1 unspecified atom stereocenters. The van der Waals surface area contributed by atoms with Crippen LogP contribution in [0.25, 0.3) is 0 Å². The van der Waals surface area contributed by atoms with E-state index in [-0.39, 0.29) is 24.5 Å². The molecule has 6 nitrogen and oxygen atoms in total. The molecule has 2 amide bonds. The van der Waals surface area contributed by atoms with Gasteiger partial charge in [0.1, 0.15) is 11.4 Å². The molecule has 6 heteroatoms. The molecule has 1 atom stereocenters. The van der Waals surface area contributed by atoms with Gasteiger partial charge in [0.15, 0.2) is 6.61 Å². The van der Waals surface area contributed by atoms with Crippen molar-refractivity contribution in [2.45, 2.75) is 39.2 Å². The summed E-state index contributed by atoms with van der Waals surface area (Å²) in [5, 5.41) is 0. The van der Waals surface area contributed by atoms with Crippen molar-refractivity contribution >= 4 is 12.0 Å². The topological polar surface area (TPSA) is 59.1 Å². The fourth-order valence-corrected chi connectivity index (χ4v) is 3.00. The molecule has 1 aliphatic rings. The fourth-order valence-electron chi connectivity index (χ4n) is 3.00. The van der Waals surface area contributed by atoms with Crippen molar-refractivity contribution in [3.63, 3.8) is 0 Å². The average Bonchev–Trinajstić information content (AvgIpc) is 2.59. The highest BCUT2D eigenvalue weighted by atomic mass is 16.6. The van der Waals surface area contributed by atoms with E-state index in [0.29, 0.717) is 18.8 Å². The number of carbonyl (C=O) groups excluding carboxylic acids is 2. The number of ether oxygens (including phenoxy) is 2. The number of likely N-dealkylation sites (tertiary alicyclic amines) is 1. The summed E-state index contributed by atoms with van der Waals surface area (Å²) in [6, 6.07) is 9.34. The number of benzene rings is 1. The smallest absolute Gasteiger partial charge is 0.410 e. The molecule has 1 fully saturated rings. The first kappa shape index (κ1) is 20.1. The summed E-state index contributed by atoms with van der Waals surface area (Å²) in [7, 11) is 1.74. The van der Waals surface area contributed by atoms with Crippen LogP contribution in [0.3, 0.4) is 0 Å². The van der Waals surface area contributed by atoms with E-state index in [1.165, 1.54) is 0 Å². The van der Waals surface area contributed by atoms with Crippen LogP contribution in [0.5, 0.6) is 5.75 Å². The van der Waals surface area contributed by atoms with Crippen molar-refractivity contribution in [1.82, 2.24) is 9.80 Å². The zero-order valence-corrected chi connectivity index (χ0v) is 16.2. The molecule has 0 spiro atoms. The Bertz CT molecular complexity index is 598. The normalized spacial score (nSPS) is 17.5. The van der Waals surface area contributed by atoms with Gasteiger partial charge in [-0.05, 0) is 51.7 Å². The molecule has 1 heterocycles. The predicted octanol–water partition coefficient (Wildman–Crippen LogP) is 3.17. The molecule has 2 rings (SSSR count). The maximum absolute atomic E-state index is 12.4. The van der Waals surface area contributed by atoms with Crippen molar-refractivity contribution in [2.75, 3.05) is 33.3 Å². The highest BCUT2D eigenvalue weighted by Gasteiger charge is 2.27. The number of nitrogens with zero attached hydrogens (tertiary/aromatic N) is 2. The van der Waals surface area contributed by atoms with Gasteiger partial charge in [-0.3, -0.25) is 4.79 Å². The third kappa shape index (κ3) is 6.58. The fraction of sp³-hybridized carbons (Fsp3) is 0.600. The molecule has 144 valence electrons. The number of amides is 2. The van der Waals surface area contributed by atoms with Gasteiger partial charge in [0, 0.05) is 26.7 Å². The predicted molar refractivity (Wildman–Crippen MR) is 100 cm³/mol. The lowest BCUT2D eigenvalue weighted by Crippen LogP contribution is -2.46. The number of hydrogen-bond acceptors (Lipinski definition) is 4. The second kappa shape index (κ2) is 8.92. The quantitative estimate of drug-likeness (QED) is 0.807. The number of piperidine rings is 1. The standard InChI is InChI=1S/C20H30N2O4/c1-20(2,3)26-19(24)21(4)13-16-9-8-12-22(14-16)18(23)15-25-17-10-6-5-7-11-17/h5-7,10-11,16H,8-9,12-15H2,1-4H3. The van der Waals surface area contributed by atoms with Gasteiger partial charge in [0.25, 0.3) is 5.91 Å². The molecule has 26 heavy (non-hydrogen) atoms. The van der Waals surface area contributed by atoms with Crippen molar-refractivity contribution in [2.24, 2.45) is 5.92 Å². The average molecular weight is 362 g/mol. The van der Waals surface area contributed by atoms with Crippen LogP contribution in [0.1, 0.15) is 33.6 Å². The Morgan fingerprint density at radius 3 is 2.58 bits per heavy atom. The monoisotopic (exact) mass is 362 g/mol. The van der Waals surface area contributed by atoms with Gasteiger partial charge >= 0.3 is 6.09 Å². The maximum atomic E-state index is 12.4. The van der Waals surface area contributed by atoms with E-state index in [4.69, 9.17) is 9.47 Å². The summed E-state index contributed by atoms with van der Waals surface area (Å²) < 4.78 is 10.9. The van der Waals surface area contributed by atoms with E-state index < -0.39 is 5.60 Å². The summed E-state index contributed by atoms with van der Waals surface area (Å²) in [5.41, 5.74) is -0.505. The van der Waals surface area contributed by atoms with E-state index >= 15 is 0 Å². The van der Waals surface area contributed by atoms with E-state index in [0.717, 1.165) is 19.4 Å². The number of carbonyl (C=O) groups is 2. The Morgan fingerprint density at radius 1 is 1.23 bits per heavy atom. The number of hydrogen-bond donors (Lipinski definition) is 0. The summed E-state index contributed by atoms with van der Waals surface area (Å²) in [6.07, 6.45) is 1.61. The third-order valence-corrected chi connectivity index (χ3v) is 4.21. The minimum Gasteiger partial charge on any atom is -0.484 e. The Kier molecular flexibility index (Phi) is 6.89. The van der Waals surface area contributed by atoms with Crippen LogP contribution in [-0.4, -0.2) is 60.7 Å². The van der Waals surface area contributed by atoms with Crippen molar-refractivity contribution in [3.8, 4) is 5.75 Å². The van der Waals surface area contributed by atoms with Crippen LogP contribution < -0.4 is 4.74 Å². The summed E-state index contributed by atoms with van der Waals surface area (Å²) in [6.45, 7) is 7.57. The van der Waals surface area contributed by atoms with E-state index in [1.54, 1.807) is 11.9 Å². The van der Waals surface area contributed by atoms with Crippen LogP contribution in [0.15, 0.2) is 30.3 Å². The van der Waals surface area contributed by atoms with Gasteiger partial charge in [0.05, 0.1) is 0 Å². The second-order valence-electron chi connectivity index (χ2n) is 7.81. The first-order valence-corrected chi connectivity index (χ1v) is 9.14. The van der Waals surface area contributed by atoms with Crippen molar-refractivity contribution in [3.05, 3.63) is 30.3 Å². The number of para-hydroxylation sites is 1. The lowest BCUT2D eigenvalue weighted by molar-refractivity contribution is -0.135. The first-order valence-electron chi connectivity index (χ1n) is 9.14. The van der Waals surface area contributed by atoms with Crippen LogP contribution >= 0.6 is 0 Å². The third-order valence-electron chi connectivity index (χ3n) is 4.21. The van der Waals surface area contributed by atoms with Crippen LogP contribution in [-0.2, 0) is 9.53 Å². The zero-order chi connectivity index (χ0) is 19.2. The lowest BCUT2D eigenvalue weighted by Gasteiger charge is -2.35. The van der Waals surface area contributed by atoms with Crippen LogP contribution in [0.2, 0.25) is 0 Å².